The van der Waals surface area contributed by atoms with E-state index in [1.165, 1.54) is 14.2 Å². The highest BCUT2D eigenvalue weighted by Crippen LogP contribution is 2.27. The van der Waals surface area contributed by atoms with E-state index in [-0.39, 0.29) is 5.56 Å². The number of carboxylic acid groups (broad SMARTS) is 2. The van der Waals surface area contributed by atoms with Crippen molar-refractivity contribution in [2.24, 2.45) is 0 Å². The van der Waals surface area contributed by atoms with Crippen LogP contribution in [0, 0.1) is 0 Å². The molecule has 6 heteroatoms. The lowest BCUT2D eigenvalue weighted by Crippen LogP contribution is -2.03. The summed E-state index contributed by atoms with van der Waals surface area (Å²) in [5, 5.41) is 17.2. The van der Waals surface area contributed by atoms with E-state index in [1.54, 1.807) is 48.5 Å². The second-order valence-corrected chi connectivity index (χ2v) is 4.01. The summed E-state index contributed by atoms with van der Waals surface area (Å²) in [6.07, 6.45) is 0. The summed E-state index contributed by atoms with van der Waals surface area (Å²) < 4.78 is 9.78. The van der Waals surface area contributed by atoms with Crippen LogP contribution in [0.2, 0.25) is 0 Å². The number of hydrogen-bond donors (Lipinski definition) is 2. The summed E-state index contributed by atoms with van der Waals surface area (Å²) in [6.45, 7) is 0. The average molecular weight is 304 g/mol. The van der Waals surface area contributed by atoms with Gasteiger partial charge >= 0.3 is 11.9 Å². The van der Waals surface area contributed by atoms with Crippen molar-refractivity contribution in [3.63, 3.8) is 0 Å². The highest BCUT2D eigenvalue weighted by molar-refractivity contribution is 5.94. The van der Waals surface area contributed by atoms with E-state index in [1.807, 2.05) is 0 Å². The zero-order chi connectivity index (χ0) is 16.5. The van der Waals surface area contributed by atoms with Gasteiger partial charge in [0.2, 0.25) is 0 Å². The number of methoxy groups -OCH3 is 2. The molecule has 0 radical (unpaired) electrons. The lowest BCUT2D eigenvalue weighted by molar-refractivity contribution is 0.0681. The van der Waals surface area contributed by atoms with E-state index < -0.39 is 11.9 Å². The molecule has 0 amide bonds. The molecule has 6 nitrogen and oxygen atoms in total. The number of aromatic carboxylic acids is 2. The smallest absolute Gasteiger partial charge is 0.343 e. The molecule has 2 aromatic rings. The monoisotopic (exact) mass is 304 g/mol. The van der Waals surface area contributed by atoms with Gasteiger partial charge in [-0.05, 0) is 24.3 Å². The van der Waals surface area contributed by atoms with Crippen LogP contribution in [0.3, 0.4) is 0 Å². The fourth-order valence-corrected chi connectivity index (χ4v) is 1.64. The predicted octanol–water partition coefficient (Wildman–Crippen LogP) is 2.79. The Hall–Kier alpha value is -3.02. The molecule has 0 aliphatic carbocycles. The van der Waals surface area contributed by atoms with Gasteiger partial charge in [-0.1, -0.05) is 24.3 Å². The predicted molar refractivity (Wildman–Crippen MR) is 79.9 cm³/mol. The minimum atomic E-state index is -1.06. The zero-order valence-electron chi connectivity index (χ0n) is 12.1. The molecular formula is C16H16O6. The Kier molecular flexibility index (Phi) is 6.43. The topological polar surface area (TPSA) is 93.1 Å². The van der Waals surface area contributed by atoms with Gasteiger partial charge in [-0.15, -0.1) is 0 Å². The van der Waals surface area contributed by atoms with Crippen LogP contribution in [0.4, 0.5) is 0 Å². The number of carbonyl (C=O) groups is 2. The molecule has 0 saturated carbocycles. The molecule has 2 N–H and O–H groups in total. The van der Waals surface area contributed by atoms with Gasteiger partial charge in [0.05, 0.1) is 19.8 Å². The molecule has 116 valence electrons. The number of hydrogen-bond acceptors (Lipinski definition) is 4. The minimum Gasteiger partial charge on any atom is -0.496 e. The first-order chi connectivity index (χ1) is 10.5. The molecule has 0 bridgehead atoms. The van der Waals surface area contributed by atoms with Gasteiger partial charge in [0, 0.05) is 0 Å². The fourth-order valence-electron chi connectivity index (χ4n) is 1.64. The van der Waals surface area contributed by atoms with Crippen LogP contribution < -0.4 is 9.47 Å². The number of rotatable bonds is 4. The van der Waals surface area contributed by atoms with E-state index >= 15 is 0 Å². The minimum absolute atomic E-state index is 0.0486. The molecule has 0 aliphatic rings. The van der Waals surface area contributed by atoms with Crippen molar-refractivity contribution in [1.82, 2.24) is 0 Å². The summed E-state index contributed by atoms with van der Waals surface area (Å²) in [4.78, 5) is 21.0. The van der Waals surface area contributed by atoms with Crippen molar-refractivity contribution in [3.05, 3.63) is 59.7 Å². The summed E-state index contributed by atoms with van der Waals surface area (Å²) in [5.74, 6) is -1.34. The zero-order valence-corrected chi connectivity index (χ0v) is 12.1. The number of benzene rings is 2. The summed E-state index contributed by atoms with van der Waals surface area (Å²) in [6, 6.07) is 13.1. The molecule has 0 atom stereocenters. The second kappa shape index (κ2) is 8.31. The van der Waals surface area contributed by atoms with Crippen LogP contribution in [-0.4, -0.2) is 36.4 Å². The molecule has 2 rings (SSSR count). The summed E-state index contributed by atoms with van der Waals surface area (Å²) in [7, 11) is 2.84. The van der Waals surface area contributed by atoms with E-state index in [2.05, 4.69) is 0 Å². The Balaban J connectivity index is 0.000000235. The van der Waals surface area contributed by atoms with Gasteiger partial charge in [0.1, 0.15) is 17.1 Å². The van der Waals surface area contributed by atoms with Crippen LogP contribution in [0.1, 0.15) is 20.7 Å². The Morgan fingerprint density at radius 1 is 0.773 bits per heavy atom. The van der Waals surface area contributed by atoms with Gasteiger partial charge < -0.3 is 19.7 Å². The Morgan fingerprint density at radius 2 is 1.27 bits per heavy atom. The second-order valence-electron chi connectivity index (χ2n) is 4.01. The third-order valence-corrected chi connectivity index (χ3v) is 2.66. The van der Waals surface area contributed by atoms with E-state index in [0.29, 0.717) is 17.1 Å². The van der Waals surface area contributed by atoms with Crippen LogP contribution in [-0.2, 0) is 0 Å². The maximum atomic E-state index is 10.8. The fraction of sp³-hybridized carbons (Fsp3) is 0.125. The molecule has 22 heavy (non-hydrogen) atoms. The Bertz CT molecular complexity index is 614. The van der Waals surface area contributed by atoms with Crippen LogP contribution >= 0.6 is 0 Å². The van der Waals surface area contributed by atoms with Gasteiger partial charge in [0.25, 0.3) is 0 Å². The van der Waals surface area contributed by atoms with Crippen molar-refractivity contribution in [1.29, 1.82) is 0 Å². The SMILES string of the molecule is COc1cccc(OC)c1C(=O)O.O=C(O)c1ccccc1. The molecule has 0 aliphatic heterocycles. The van der Waals surface area contributed by atoms with Crippen molar-refractivity contribution >= 4 is 11.9 Å². The largest absolute Gasteiger partial charge is 0.496 e. The molecule has 0 spiro atoms. The van der Waals surface area contributed by atoms with Gasteiger partial charge in [-0.25, -0.2) is 9.59 Å². The molecule has 0 saturated heterocycles. The molecule has 0 aromatic heterocycles. The third-order valence-electron chi connectivity index (χ3n) is 2.66. The van der Waals surface area contributed by atoms with Gasteiger partial charge in [-0.2, -0.15) is 0 Å². The maximum Gasteiger partial charge on any atom is 0.343 e. The maximum absolute atomic E-state index is 10.8. The summed E-state index contributed by atoms with van der Waals surface area (Å²) >= 11 is 0. The molecule has 0 heterocycles. The first-order valence-electron chi connectivity index (χ1n) is 6.23. The Labute approximate surface area is 127 Å². The Morgan fingerprint density at radius 3 is 1.59 bits per heavy atom. The number of carboxylic acids is 2. The first kappa shape index (κ1) is 17.0. The highest BCUT2D eigenvalue weighted by atomic mass is 16.5. The third kappa shape index (κ3) is 4.52. The lowest BCUT2D eigenvalue weighted by Gasteiger charge is -2.08. The van der Waals surface area contributed by atoms with Crippen molar-refractivity contribution in [2.75, 3.05) is 14.2 Å². The van der Waals surface area contributed by atoms with Gasteiger partial charge in [0.15, 0.2) is 0 Å². The quantitative estimate of drug-likeness (QED) is 0.902. The standard InChI is InChI=1S/C9H10O4.C7H6O2/c1-12-6-4-3-5-7(13-2)8(6)9(10)11;8-7(9)6-4-2-1-3-5-6/h3-5H,1-2H3,(H,10,11);1-5H,(H,8,9). The van der Waals surface area contributed by atoms with Crippen LogP contribution in [0.25, 0.3) is 0 Å². The molecule has 0 unspecified atom stereocenters. The van der Waals surface area contributed by atoms with E-state index in [9.17, 15) is 9.59 Å². The molecule has 2 aromatic carbocycles. The summed E-state index contributed by atoms with van der Waals surface area (Å²) in [5.41, 5.74) is 0.380. The molecule has 0 fully saturated rings. The van der Waals surface area contributed by atoms with Crippen molar-refractivity contribution in [2.45, 2.75) is 0 Å². The molecular weight excluding hydrogens is 288 g/mol. The normalized spacial score (nSPS) is 9.18. The highest BCUT2D eigenvalue weighted by Gasteiger charge is 2.16. The van der Waals surface area contributed by atoms with E-state index in [4.69, 9.17) is 19.7 Å². The van der Waals surface area contributed by atoms with Gasteiger partial charge in [-0.3, -0.25) is 0 Å². The number of ether oxygens (including phenoxy) is 2. The van der Waals surface area contributed by atoms with E-state index in [0.717, 1.165) is 0 Å². The van der Waals surface area contributed by atoms with Crippen molar-refractivity contribution < 1.29 is 29.3 Å². The van der Waals surface area contributed by atoms with Crippen LogP contribution in [0.5, 0.6) is 11.5 Å². The van der Waals surface area contributed by atoms with Crippen molar-refractivity contribution in [3.8, 4) is 11.5 Å². The first-order valence-corrected chi connectivity index (χ1v) is 6.23. The lowest BCUT2D eigenvalue weighted by atomic mass is 10.2. The van der Waals surface area contributed by atoms with Crippen LogP contribution in [0.15, 0.2) is 48.5 Å². The average Bonchev–Trinajstić information content (AvgIpc) is 2.55.